The molecule has 1 aromatic rings. The van der Waals surface area contributed by atoms with Crippen molar-refractivity contribution >= 4 is 22.6 Å². The highest BCUT2D eigenvalue weighted by atomic mass is 32.2. The van der Waals surface area contributed by atoms with Crippen molar-refractivity contribution in [2.75, 3.05) is 17.6 Å². The number of thioether (sulfide) groups is 1. The van der Waals surface area contributed by atoms with Crippen molar-refractivity contribution in [3.63, 3.8) is 0 Å². The Kier molecular flexibility index (Phi) is 3.46. The zero-order valence-corrected chi connectivity index (χ0v) is 9.44. The number of benzene rings is 1. The average Bonchev–Trinajstić information content (AvgIpc) is 2.68. The van der Waals surface area contributed by atoms with Crippen LogP contribution in [0.5, 0.6) is 5.75 Å². The van der Waals surface area contributed by atoms with Gasteiger partial charge in [0, 0.05) is 17.5 Å². The Hall–Kier alpha value is -1.37. The Morgan fingerprint density at radius 3 is 2.82 bits per heavy atom. The predicted octanol–water partition coefficient (Wildman–Crippen LogP) is 3.10. The van der Waals surface area contributed by atoms with E-state index in [2.05, 4.69) is 15.0 Å². The van der Waals surface area contributed by atoms with Gasteiger partial charge in [0.1, 0.15) is 5.75 Å². The van der Waals surface area contributed by atoms with Gasteiger partial charge in [0.15, 0.2) is 5.17 Å². The van der Waals surface area contributed by atoms with E-state index < -0.39 is 6.36 Å². The highest BCUT2D eigenvalue weighted by molar-refractivity contribution is 8.14. The smallest absolute Gasteiger partial charge is 0.406 e. The first-order valence-corrected chi connectivity index (χ1v) is 5.81. The van der Waals surface area contributed by atoms with Gasteiger partial charge in [-0.3, -0.25) is 4.99 Å². The first-order valence-electron chi connectivity index (χ1n) is 4.83. The van der Waals surface area contributed by atoms with Gasteiger partial charge in [0.05, 0.1) is 6.54 Å². The molecule has 0 saturated carbocycles. The van der Waals surface area contributed by atoms with Crippen molar-refractivity contribution in [3.8, 4) is 5.75 Å². The second-order valence-corrected chi connectivity index (χ2v) is 4.32. The minimum Gasteiger partial charge on any atom is -0.406 e. The third-order valence-corrected chi connectivity index (χ3v) is 2.80. The Labute approximate surface area is 100 Å². The summed E-state index contributed by atoms with van der Waals surface area (Å²) in [7, 11) is 0. The van der Waals surface area contributed by atoms with E-state index in [1.807, 2.05) is 0 Å². The van der Waals surface area contributed by atoms with E-state index in [0.29, 0.717) is 10.9 Å². The maximum atomic E-state index is 12.0. The number of hydrogen-bond acceptors (Lipinski definition) is 4. The molecule has 0 bridgehead atoms. The van der Waals surface area contributed by atoms with E-state index >= 15 is 0 Å². The van der Waals surface area contributed by atoms with Gasteiger partial charge in [-0.25, -0.2) is 0 Å². The molecule has 2 rings (SSSR count). The van der Waals surface area contributed by atoms with Crippen LogP contribution in [0.2, 0.25) is 0 Å². The summed E-state index contributed by atoms with van der Waals surface area (Å²) < 4.78 is 39.8. The molecule has 1 N–H and O–H groups in total. The predicted molar refractivity (Wildman–Crippen MR) is 61.5 cm³/mol. The van der Waals surface area contributed by atoms with Gasteiger partial charge in [0.25, 0.3) is 0 Å². The Morgan fingerprint density at radius 1 is 1.35 bits per heavy atom. The Balaban J connectivity index is 2.06. The van der Waals surface area contributed by atoms with Crippen molar-refractivity contribution in [3.05, 3.63) is 24.3 Å². The van der Waals surface area contributed by atoms with Crippen LogP contribution in [0.25, 0.3) is 0 Å². The summed E-state index contributed by atoms with van der Waals surface area (Å²) in [4.78, 5) is 4.14. The number of ether oxygens (including phenoxy) is 1. The fourth-order valence-electron chi connectivity index (χ4n) is 1.31. The molecule has 0 spiro atoms. The summed E-state index contributed by atoms with van der Waals surface area (Å²) in [6, 6.07) is 5.69. The van der Waals surface area contributed by atoms with Crippen LogP contribution in [-0.4, -0.2) is 23.8 Å². The summed E-state index contributed by atoms with van der Waals surface area (Å²) in [5.41, 5.74) is 0.528. The third-order valence-electron chi connectivity index (χ3n) is 1.90. The quantitative estimate of drug-likeness (QED) is 0.889. The molecule has 0 aromatic heterocycles. The molecule has 3 nitrogen and oxygen atoms in total. The highest BCUT2D eigenvalue weighted by Crippen LogP contribution is 2.25. The maximum absolute atomic E-state index is 12.0. The number of aliphatic imine (C=N–C) groups is 1. The van der Waals surface area contributed by atoms with Crippen LogP contribution in [0.1, 0.15) is 0 Å². The highest BCUT2D eigenvalue weighted by Gasteiger charge is 2.31. The van der Waals surface area contributed by atoms with Crippen LogP contribution in [-0.2, 0) is 0 Å². The standard InChI is InChI=1S/C10H9F3N2OS/c11-10(12,13)16-8-3-1-2-7(6-8)15-9-14-4-5-17-9/h1-3,6H,4-5H2,(H,14,15). The second kappa shape index (κ2) is 4.87. The van der Waals surface area contributed by atoms with Crippen LogP contribution in [0, 0.1) is 0 Å². The lowest BCUT2D eigenvalue weighted by molar-refractivity contribution is -0.274. The van der Waals surface area contributed by atoms with Crippen LogP contribution in [0.15, 0.2) is 29.3 Å². The van der Waals surface area contributed by atoms with Crippen LogP contribution >= 0.6 is 11.8 Å². The number of nitrogens with one attached hydrogen (secondary N) is 1. The molecule has 1 aliphatic rings. The number of amidine groups is 1. The summed E-state index contributed by atoms with van der Waals surface area (Å²) in [5.74, 6) is 0.646. The monoisotopic (exact) mass is 262 g/mol. The molecule has 17 heavy (non-hydrogen) atoms. The number of alkyl halides is 3. The lowest BCUT2D eigenvalue weighted by Crippen LogP contribution is -2.17. The average molecular weight is 262 g/mol. The van der Waals surface area contributed by atoms with Gasteiger partial charge >= 0.3 is 6.36 Å². The zero-order chi connectivity index (χ0) is 12.3. The van der Waals surface area contributed by atoms with Crippen LogP contribution < -0.4 is 10.1 Å². The topological polar surface area (TPSA) is 33.6 Å². The molecule has 1 heterocycles. The SMILES string of the molecule is FC(F)(F)Oc1cccc(NC2=NCCS2)c1. The first-order chi connectivity index (χ1) is 8.03. The Morgan fingerprint density at radius 2 is 2.18 bits per heavy atom. The fourth-order valence-corrected chi connectivity index (χ4v) is 2.05. The summed E-state index contributed by atoms with van der Waals surface area (Å²) >= 11 is 1.53. The largest absolute Gasteiger partial charge is 0.573 e. The molecule has 0 atom stereocenters. The fraction of sp³-hybridized carbons (Fsp3) is 0.300. The van der Waals surface area contributed by atoms with Gasteiger partial charge in [0.2, 0.25) is 0 Å². The number of rotatable bonds is 2. The van der Waals surface area contributed by atoms with Gasteiger partial charge < -0.3 is 10.1 Å². The second-order valence-electron chi connectivity index (χ2n) is 3.24. The molecule has 0 aliphatic carbocycles. The molecule has 92 valence electrons. The van der Waals surface area contributed by atoms with E-state index in [-0.39, 0.29) is 5.75 Å². The van der Waals surface area contributed by atoms with Crippen molar-refractivity contribution < 1.29 is 17.9 Å². The number of anilines is 1. The minimum atomic E-state index is -4.67. The van der Waals surface area contributed by atoms with Crippen molar-refractivity contribution in [1.82, 2.24) is 0 Å². The van der Waals surface area contributed by atoms with Gasteiger partial charge in [-0.15, -0.1) is 13.2 Å². The van der Waals surface area contributed by atoms with E-state index in [1.54, 1.807) is 6.07 Å². The van der Waals surface area contributed by atoms with E-state index in [0.717, 1.165) is 12.3 Å². The van der Waals surface area contributed by atoms with Gasteiger partial charge in [-0.1, -0.05) is 17.8 Å². The van der Waals surface area contributed by atoms with E-state index in [9.17, 15) is 13.2 Å². The molecule has 0 unspecified atom stereocenters. The molecular weight excluding hydrogens is 253 g/mol. The summed E-state index contributed by atoms with van der Waals surface area (Å²) in [6.07, 6.45) is -4.67. The summed E-state index contributed by atoms with van der Waals surface area (Å²) in [6.45, 7) is 0.728. The van der Waals surface area contributed by atoms with E-state index in [4.69, 9.17) is 0 Å². The van der Waals surface area contributed by atoms with Gasteiger partial charge in [-0.2, -0.15) is 0 Å². The van der Waals surface area contributed by atoms with Crippen molar-refractivity contribution in [1.29, 1.82) is 0 Å². The number of halogens is 3. The molecule has 0 saturated heterocycles. The van der Waals surface area contributed by atoms with E-state index in [1.165, 1.54) is 30.0 Å². The molecular formula is C10H9F3N2OS. The first kappa shape index (κ1) is 12.1. The normalized spacial score (nSPS) is 15.6. The molecule has 1 aliphatic heterocycles. The lowest BCUT2D eigenvalue weighted by Gasteiger charge is -2.10. The van der Waals surface area contributed by atoms with Crippen molar-refractivity contribution in [2.45, 2.75) is 6.36 Å². The van der Waals surface area contributed by atoms with Crippen LogP contribution in [0.3, 0.4) is 0 Å². The molecule has 0 fully saturated rings. The maximum Gasteiger partial charge on any atom is 0.573 e. The summed E-state index contributed by atoms with van der Waals surface area (Å²) in [5, 5.41) is 3.65. The molecule has 0 amide bonds. The third kappa shape index (κ3) is 3.85. The van der Waals surface area contributed by atoms with Gasteiger partial charge in [-0.05, 0) is 12.1 Å². The molecule has 1 aromatic carbocycles. The number of nitrogens with zero attached hydrogens (tertiary/aromatic N) is 1. The number of hydrogen-bond donors (Lipinski definition) is 1. The zero-order valence-electron chi connectivity index (χ0n) is 8.62. The minimum absolute atomic E-state index is 0.244. The molecule has 0 radical (unpaired) electrons. The lowest BCUT2D eigenvalue weighted by atomic mass is 10.3. The van der Waals surface area contributed by atoms with Crippen LogP contribution in [0.4, 0.5) is 18.9 Å². The van der Waals surface area contributed by atoms with Crippen molar-refractivity contribution in [2.24, 2.45) is 4.99 Å². The molecule has 7 heteroatoms. The Bertz CT molecular complexity index is 434.